The van der Waals surface area contributed by atoms with Gasteiger partial charge in [-0.25, -0.2) is 0 Å². The molecule has 1 aromatic carbocycles. The summed E-state index contributed by atoms with van der Waals surface area (Å²) in [6.07, 6.45) is 0.947. The molecule has 20 heavy (non-hydrogen) atoms. The number of carbonyl (C=O) groups is 1. The summed E-state index contributed by atoms with van der Waals surface area (Å²) in [5.74, 6) is -0.516. The molecule has 0 atom stereocenters. The molecule has 0 aliphatic carbocycles. The molecule has 0 aliphatic heterocycles. The maximum absolute atomic E-state index is 11.8. The van der Waals surface area contributed by atoms with Gasteiger partial charge in [0.05, 0.1) is 5.56 Å². The molecule has 0 bridgehead atoms. The van der Waals surface area contributed by atoms with Crippen LogP contribution in [0, 0.1) is 0 Å². The number of hydrogen-bond acceptors (Lipinski definition) is 4. The molecule has 7 heteroatoms. The molecule has 6 nitrogen and oxygen atoms in total. The molecule has 0 saturated carbocycles. The van der Waals surface area contributed by atoms with Crippen LogP contribution in [0.1, 0.15) is 16.8 Å². The van der Waals surface area contributed by atoms with Gasteiger partial charge in [0.15, 0.2) is 5.11 Å². The summed E-state index contributed by atoms with van der Waals surface area (Å²) in [5.41, 5.74) is 5.21. The maximum Gasteiger partial charge on any atom is 0.273 e. The zero-order valence-corrected chi connectivity index (χ0v) is 12.5. The topological polar surface area (TPSA) is 76.6 Å². The highest BCUT2D eigenvalue weighted by molar-refractivity contribution is 7.80. The highest BCUT2D eigenvalue weighted by Crippen LogP contribution is 2.14. The standard InChI is InChI=1S/C13H20N4O2S/c1-17(2)9-5-8-14-13(20)16-15-12(19)10-6-3-4-7-11(10)18/h3-4,6-7,18H,5,8-9H2,1-2H3,(H,15,19)(H2,14,16,20). The van der Waals surface area contributed by atoms with Crippen molar-refractivity contribution in [1.82, 2.24) is 21.1 Å². The van der Waals surface area contributed by atoms with E-state index in [4.69, 9.17) is 12.2 Å². The van der Waals surface area contributed by atoms with Crippen molar-refractivity contribution in [1.29, 1.82) is 0 Å². The number of phenolic OH excluding ortho intramolecular Hbond substituents is 1. The van der Waals surface area contributed by atoms with Crippen LogP contribution in [0.2, 0.25) is 0 Å². The fourth-order valence-corrected chi connectivity index (χ4v) is 1.64. The van der Waals surface area contributed by atoms with E-state index in [2.05, 4.69) is 21.1 Å². The molecule has 0 aliphatic rings. The Morgan fingerprint density at radius 1 is 1.30 bits per heavy atom. The molecule has 1 amide bonds. The third-order valence-electron chi connectivity index (χ3n) is 2.51. The van der Waals surface area contributed by atoms with E-state index in [1.165, 1.54) is 12.1 Å². The van der Waals surface area contributed by atoms with E-state index in [1.807, 2.05) is 14.1 Å². The van der Waals surface area contributed by atoms with Crippen molar-refractivity contribution in [2.75, 3.05) is 27.2 Å². The van der Waals surface area contributed by atoms with Gasteiger partial charge in [0.1, 0.15) is 5.75 Å². The highest BCUT2D eigenvalue weighted by atomic mass is 32.1. The predicted molar refractivity (Wildman–Crippen MR) is 82.5 cm³/mol. The SMILES string of the molecule is CN(C)CCCNC(=S)NNC(=O)c1ccccc1O. The number of amides is 1. The smallest absolute Gasteiger partial charge is 0.273 e. The van der Waals surface area contributed by atoms with Crippen LogP contribution >= 0.6 is 12.2 Å². The van der Waals surface area contributed by atoms with Gasteiger partial charge in [-0.05, 0) is 51.4 Å². The average molecular weight is 296 g/mol. The first-order chi connectivity index (χ1) is 9.50. The quantitative estimate of drug-likeness (QED) is 0.359. The Bertz CT molecular complexity index is 465. The van der Waals surface area contributed by atoms with Gasteiger partial charge in [0.2, 0.25) is 0 Å². The van der Waals surface area contributed by atoms with Crippen LogP contribution in [0.4, 0.5) is 0 Å². The van der Waals surface area contributed by atoms with E-state index in [-0.39, 0.29) is 11.3 Å². The van der Waals surface area contributed by atoms with Gasteiger partial charge in [0.25, 0.3) is 5.91 Å². The zero-order chi connectivity index (χ0) is 15.0. The Morgan fingerprint density at radius 3 is 2.65 bits per heavy atom. The lowest BCUT2D eigenvalue weighted by atomic mass is 10.2. The first-order valence-corrected chi connectivity index (χ1v) is 6.68. The van der Waals surface area contributed by atoms with Crippen molar-refractivity contribution >= 4 is 23.2 Å². The molecule has 0 aromatic heterocycles. The van der Waals surface area contributed by atoms with E-state index in [1.54, 1.807) is 12.1 Å². The Hall–Kier alpha value is -1.86. The number of thiocarbonyl (C=S) groups is 1. The van der Waals surface area contributed by atoms with Crippen molar-refractivity contribution in [3.8, 4) is 5.75 Å². The van der Waals surface area contributed by atoms with Gasteiger partial charge in [-0.3, -0.25) is 15.6 Å². The van der Waals surface area contributed by atoms with Gasteiger partial charge in [-0.15, -0.1) is 0 Å². The van der Waals surface area contributed by atoms with E-state index in [0.717, 1.165) is 19.5 Å². The van der Waals surface area contributed by atoms with E-state index < -0.39 is 5.91 Å². The summed E-state index contributed by atoms with van der Waals surface area (Å²) in [6, 6.07) is 6.30. The summed E-state index contributed by atoms with van der Waals surface area (Å²) < 4.78 is 0. The number of nitrogens with one attached hydrogen (secondary N) is 3. The first-order valence-electron chi connectivity index (χ1n) is 6.27. The van der Waals surface area contributed by atoms with Gasteiger partial charge in [-0.1, -0.05) is 12.1 Å². The number of para-hydroxylation sites is 1. The number of aromatic hydroxyl groups is 1. The maximum atomic E-state index is 11.8. The summed E-state index contributed by atoms with van der Waals surface area (Å²) in [5, 5.41) is 12.8. The summed E-state index contributed by atoms with van der Waals surface area (Å²) in [7, 11) is 4.01. The molecule has 4 N–H and O–H groups in total. The second kappa shape index (κ2) is 8.34. The summed E-state index contributed by atoms with van der Waals surface area (Å²) >= 11 is 5.02. The molecule has 0 saturated heterocycles. The van der Waals surface area contributed by atoms with E-state index in [0.29, 0.717) is 5.11 Å². The van der Waals surface area contributed by atoms with Crippen molar-refractivity contribution in [3.63, 3.8) is 0 Å². The molecule has 1 aromatic rings. The van der Waals surface area contributed by atoms with Gasteiger partial charge in [0, 0.05) is 6.54 Å². The van der Waals surface area contributed by atoms with Gasteiger partial charge < -0.3 is 15.3 Å². The van der Waals surface area contributed by atoms with E-state index in [9.17, 15) is 9.90 Å². The molecule has 0 radical (unpaired) electrons. The number of carbonyl (C=O) groups excluding carboxylic acids is 1. The molecule has 0 unspecified atom stereocenters. The Labute approximate surface area is 124 Å². The van der Waals surface area contributed by atoms with E-state index >= 15 is 0 Å². The van der Waals surface area contributed by atoms with Crippen molar-refractivity contribution in [2.24, 2.45) is 0 Å². The average Bonchev–Trinajstić information content (AvgIpc) is 2.41. The molecule has 1 rings (SSSR count). The highest BCUT2D eigenvalue weighted by Gasteiger charge is 2.09. The van der Waals surface area contributed by atoms with Crippen LogP contribution < -0.4 is 16.2 Å². The number of phenols is 1. The van der Waals surface area contributed by atoms with Crippen molar-refractivity contribution in [2.45, 2.75) is 6.42 Å². The zero-order valence-electron chi connectivity index (χ0n) is 11.6. The predicted octanol–water partition coefficient (Wildman–Crippen LogP) is 0.453. The molecular formula is C13H20N4O2S. The fourth-order valence-electron chi connectivity index (χ4n) is 1.49. The second-order valence-electron chi connectivity index (χ2n) is 4.51. The summed E-state index contributed by atoms with van der Waals surface area (Å²) in [4.78, 5) is 13.8. The monoisotopic (exact) mass is 296 g/mol. The third-order valence-corrected chi connectivity index (χ3v) is 2.75. The van der Waals surface area contributed by atoms with Gasteiger partial charge in [-0.2, -0.15) is 0 Å². The van der Waals surface area contributed by atoms with Crippen LogP contribution in [0.5, 0.6) is 5.75 Å². The van der Waals surface area contributed by atoms with Crippen LogP contribution in [0.15, 0.2) is 24.3 Å². The second-order valence-corrected chi connectivity index (χ2v) is 4.92. The lowest BCUT2D eigenvalue weighted by Crippen LogP contribution is -2.47. The minimum Gasteiger partial charge on any atom is -0.507 e. The number of hydrazine groups is 1. The Morgan fingerprint density at radius 2 is 2.00 bits per heavy atom. The Balaban J connectivity index is 2.27. The minimum atomic E-state index is -0.444. The molecule has 110 valence electrons. The fraction of sp³-hybridized carbons (Fsp3) is 0.385. The van der Waals surface area contributed by atoms with Crippen molar-refractivity contribution < 1.29 is 9.90 Å². The molecule has 0 fully saturated rings. The van der Waals surface area contributed by atoms with Crippen molar-refractivity contribution in [3.05, 3.63) is 29.8 Å². The van der Waals surface area contributed by atoms with Crippen LogP contribution in [0.3, 0.4) is 0 Å². The van der Waals surface area contributed by atoms with Crippen LogP contribution in [-0.4, -0.2) is 48.2 Å². The largest absolute Gasteiger partial charge is 0.507 e. The number of nitrogens with zero attached hydrogens (tertiary/aromatic N) is 1. The lowest BCUT2D eigenvalue weighted by molar-refractivity contribution is 0.0941. The third kappa shape index (κ3) is 5.85. The molecule has 0 spiro atoms. The Kier molecular flexibility index (Phi) is 6.75. The first kappa shape index (κ1) is 16.2. The van der Waals surface area contributed by atoms with Gasteiger partial charge >= 0.3 is 0 Å². The number of hydrogen-bond donors (Lipinski definition) is 4. The number of benzene rings is 1. The molecular weight excluding hydrogens is 276 g/mol. The molecule has 0 heterocycles. The normalized spacial score (nSPS) is 10.2. The lowest BCUT2D eigenvalue weighted by Gasteiger charge is -2.13. The minimum absolute atomic E-state index is 0.0725. The van der Waals surface area contributed by atoms with Crippen LogP contribution in [0.25, 0.3) is 0 Å². The number of rotatable bonds is 5. The van der Waals surface area contributed by atoms with Crippen LogP contribution in [-0.2, 0) is 0 Å². The summed E-state index contributed by atoms with van der Waals surface area (Å²) in [6.45, 7) is 1.68.